The SMILES string of the molecule is NCC1(CC(=O)O)CCN(C2CC2)C1. The first-order valence-electron chi connectivity index (χ1n) is 5.31. The monoisotopic (exact) mass is 198 g/mol. The Kier molecular flexibility index (Phi) is 2.49. The van der Waals surface area contributed by atoms with Crippen molar-refractivity contribution in [2.75, 3.05) is 19.6 Å². The lowest BCUT2D eigenvalue weighted by atomic mass is 9.84. The van der Waals surface area contributed by atoms with Gasteiger partial charge < -0.3 is 10.8 Å². The zero-order chi connectivity index (χ0) is 10.2. The fourth-order valence-electron chi connectivity index (χ4n) is 2.42. The van der Waals surface area contributed by atoms with E-state index < -0.39 is 5.97 Å². The van der Waals surface area contributed by atoms with Gasteiger partial charge in [-0.25, -0.2) is 0 Å². The number of nitrogens with zero attached hydrogens (tertiary/aromatic N) is 1. The van der Waals surface area contributed by atoms with Crippen molar-refractivity contribution in [3.63, 3.8) is 0 Å². The maximum Gasteiger partial charge on any atom is 0.304 e. The molecule has 0 amide bonds. The molecule has 1 atom stereocenters. The molecule has 4 nitrogen and oxygen atoms in total. The van der Waals surface area contributed by atoms with Gasteiger partial charge in [-0.3, -0.25) is 9.69 Å². The Hall–Kier alpha value is -0.610. The summed E-state index contributed by atoms with van der Waals surface area (Å²) in [4.78, 5) is 13.1. The highest BCUT2D eigenvalue weighted by Gasteiger charge is 2.43. The summed E-state index contributed by atoms with van der Waals surface area (Å²) in [5, 5.41) is 8.84. The van der Waals surface area contributed by atoms with E-state index in [-0.39, 0.29) is 11.8 Å². The Morgan fingerprint density at radius 2 is 2.29 bits per heavy atom. The molecule has 2 aliphatic rings. The van der Waals surface area contributed by atoms with Crippen LogP contribution in [0.1, 0.15) is 25.7 Å². The van der Waals surface area contributed by atoms with Crippen LogP contribution >= 0.6 is 0 Å². The van der Waals surface area contributed by atoms with Crippen LogP contribution in [0.3, 0.4) is 0 Å². The summed E-state index contributed by atoms with van der Waals surface area (Å²) in [6.45, 7) is 2.43. The number of carboxylic acid groups (broad SMARTS) is 1. The number of nitrogens with two attached hydrogens (primary N) is 1. The van der Waals surface area contributed by atoms with Gasteiger partial charge in [0.15, 0.2) is 0 Å². The Labute approximate surface area is 84.1 Å². The molecule has 4 heteroatoms. The molecule has 80 valence electrons. The third-order valence-corrected chi connectivity index (χ3v) is 3.49. The van der Waals surface area contributed by atoms with Crippen LogP contribution in [0.5, 0.6) is 0 Å². The fourth-order valence-corrected chi connectivity index (χ4v) is 2.42. The number of hydrogen-bond acceptors (Lipinski definition) is 3. The van der Waals surface area contributed by atoms with E-state index in [9.17, 15) is 4.79 Å². The summed E-state index contributed by atoms with van der Waals surface area (Å²) in [5.74, 6) is -0.715. The quantitative estimate of drug-likeness (QED) is 0.680. The van der Waals surface area contributed by atoms with E-state index in [0.717, 1.165) is 25.6 Å². The number of likely N-dealkylation sites (tertiary alicyclic amines) is 1. The van der Waals surface area contributed by atoms with Crippen molar-refractivity contribution in [1.29, 1.82) is 0 Å². The highest BCUT2D eigenvalue weighted by Crippen LogP contribution is 2.39. The predicted molar refractivity (Wildman–Crippen MR) is 53.0 cm³/mol. The normalized spacial score (nSPS) is 33.5. The minimum atomic E-state index is -0.715. The number of aliphatic carboxylic acids is 1. The van der Waals surface area contributed by atoms with Crippen LogP contribution in [0, 0.1) is 5.41 Å². The van der Waals surface area contributed by atoms with Gasteiger partial charge in [0.2, 0.25) is 0 Å². The van der Waals surface area contributed by atoms with Crippen molar-refractivity contribution in [1.82, 2.24) is 4.90 Å². The van der Waals surface area contributed by atoms with Crippen molar-refractivity contribution < 1.29 is 9.90 Å². The molecule has 1 aliphatic heterocycles. The molecule has 0 aromatic carbocycles. The number of carbonyl (C=O) groups is 1. The van der Waals surface area contributed by atoms with Crippen molar-refractivity contribution in [3.8, 4) is 0 Å². The summed E-state index contributed by atoms with van der Waals surface area (Å²) >= 11 is 0. The molecule has 1 saturated heterocycles. The number of carboxylic acids is 1. The molecule has 14 heavy (non-hydrogen) atoms. The molecule has 2 fully saturated rings. The van der Waals surface area contributed by atoms with E-state index in [0.29, 0.717) is 6.54 Å². The fraction of sp³-hybridized carbons (Fsp3) is 0.900. The molecule has 1 aliphatic carbocycles. The molecule has 1 heterocycles. The molecule has 2 rings (SSSR count). The van der Waals surface area contributed by atoms with Gasteiger partial charge in [-0.15, -0.1) is 0 Å². The summed E-state index contributed by atoms with van der Waals surface area (Å²) in [5.41, 5.74) is 5.57. The Morgan fingerprint density at radius 1 is 1.57 bits per heavy atom. The van der Waals surface area contributed by atoms with Crippen LogP contribution in [0.25, 0.3) is 0 Å². The Morgan fingerprint density at radius 3 is 2.79 bits per heavy atom. The molecule has 0 radical (unpaired) electrons. The summed E-state index contributed by atoms with van der Waals surface area (Å²) < 4.78 is 0. The van der Waals surface area contributed by atoms with E-state index >= 15 is 0 Å². The van der Waals surface area contributed by atoms with E-state index in [1.807, 2.05) is 0 Å². The first-order chi connectivity index (χ1) is 6.65. The van der Waals surface area contributed by atoms with Gasteiger partial charge in [0, 0.05) is 18.0 Å². The summed E-state index contributed by atoms with van der Waals surface area (Å²) in [6.07, 6.45) is 3.75. The highest BCUT2D eigenvalue weighted by atomic mass is 16.4. The Balaban J connectivity index is 1.96. The van der Waals surface area contributed by atoms with Crippen LogP contribution in [0.4, 0.5) is 0 Å². The third kappa shape index (κ3) is 1.91. The maximum atomic E-state index is 10.7. The first-order valence-corrected chi connectivity index (χ1v) is 5.31. The van der Waals surface area contributed by atoms with Gasteiger partial charge in [0.1, 0.15) is 0 Å². The van der Waals surface area contributed by atoms with Crippen LogP contribution < -0.4 is 5.73 Å². The smallest absolute Gasteiger partial charge is 0.304 e. The summed E-state index contributed by atoms with van der Waals surface area (Å²) in [6, 6.07) is 0.734. The van der Waals surface area contributed by atoms with Crippen molar-refractivity contribution in [2.45, 2.75) is 31.7 Å². The molecular weight excluding hydrogens is 180 g/mol. The molecule has 0 bridgehead atoms. The van der Waals surface area contributed by atoms with Crippen molar-refractivity contribution in [3.05, 3.63) is 0 Å². The third-order valence-electron chi connectivity index (χ3n) is 3.49. The van der Waals surface area contributed by atoms with E-state index in [1.165, 1.54) is 12.8 Å². The second kappa shape index (κ2) is 3.51. The Bertz CT molecular complexity index is 240. The number of rotatable bonds is 4. The van der Waals surface area contributed by atoms with Crippen molar-refractivity contribution >= 4 is 5.97 Å². The van der Waals surface area contributed by atoms with Crippen LogP contribution in [0.2, 0.25) is 0 Å². The van der Waals surface area contributed by atoms with Crippen molar-refractivity contribution in [2.24, 2.45) is 11.1 Å². The van der Waals surface area contributed by atoms with Crippen LogP contribution in [-0.2, 0) is 4.79 Å². The molecule has 1 unspecified atom stereocenters. The standard InChI is InChI=1S/C10H18N2O2/c11-6-10(5-9(13)14)3-4-12(7-10)8-1-2-8/h8H,1-7,11H2,(H,13,14). The minimum absolute atomic E-state index is 0.144. The average Bonchev–Trinajstić information content (AvgIpc) is 2.89. The van der Waals surface area contributed by atoms with Gasteiger partial charge in [-0.05, 0) is 32.4 Å². The van der Waals surface area contributed by atoms with Gasteiger partial charge in [0.25, 0.3) is 0 Å². The predicted octanol–water partition coefficient (Wildman–Crippen LogP) is 0.274. The van der Waals surface area contributed by atoms with Gasteiger partial charge in [0.05, 0.1) is 6.42 Å². The molecular formula is C10H18N2O2. The highest BCUT2D eigenvalue weighted by molar-refractivity contribution is 5.67. The molecule has 0 aromatic rings. The summed E-state index contributed by atoms with van der Waals surface area (Å²) in [7, 11) is 0. The lowest BCUT2D eigenvalue weighted by molar-refractivity contribution is -0.139. The maximum absolute atomic E-state index is 10.7. The second-order valence-electron chi connectivity index (χ2n) is 4.73. The molecule has 0 spiro atoms. The lowest BCUT2D eigenvalue weighted by Crippen LogP contribution is -2.36. The topological polar surface area (TPSA) is 66.6 Å². The second-order valence-corrected chi connectivity index (χ2v) is 4.73. The van der Waals surface area contributed by atoms with Gasteiger partial charge >= 0.3 is 5.97 Å². The zero-order valence-electron chi connectivity index (χ0n) is 8.41. The van der Waals surface area contributed by atoms with Gasteiger partial charge in [-0.1, -0.05) is 0 Å². The van der Waals surface area contributed by atoms with E-state index in [2.05, 4.69) is 4.90 Å². The molecule has 3 N–H and O–H groups in total. The number of hydrogen-bond donors (Lipinski definition) is 2. The van der Waals surface area contributed by atoms with E-state index in [1.54, 1.807) is 0 Å². The zero-order valence-corrected chi connectivity index (χ0v) is 8.41. The van der Waals surface area contributed by atoms with Gasteiger partial charge in [-0.2, -0.15) is 0 Å². The van der Waals surface area contributed by atoms with Crippen LogP contribution in [0.15, 0.2) is 0 Å². The first kappa shape index (κ1) is 9.93. The largest absolute Gasteiger partial charge is 0.481 e. The molecule has 1 saturated carbocycles. The van der Waals surface area contributed by atoms with Crippen LogP contribution in [-0.4, -0.2) is 41.7 Å². The molecule has 0 aromatic heterocycles. The average molecular weight is 198 g/mol. The van der Waals surface area contributed by atoms with E-state index in [4.69, 9.17) is 10.8 Å². The lowest BCUT2D eigenvalue weighted by Gasteiger charge is -2.25. The minimum Gasteiger partial charge on any atom is -0.481 e.